The first-order valence-electron chi connectivity index (χ1n) is 8.50. The minimum Gasteiger partial charge on any atom is -0.352 e. The van der Waals surface area contributed by atoms with E-state index in [4.69, 9.17) is 0 Å². The Labute approximate surface area is 136 Å². The fraction of sp³-hybridized carbons (Fsp3) is 0.588. The van der Waals surface area contributed by atoms with Gasteiger partial charge in [-0.1, -0.05) is 0 Å². The molecule has 122 valence electrons. The number of nitrogens with one attached hydrogen (secondary N) is 1. The van der Waals surface area contributed by atoms with Crippen LogP contribution in [0.15, 0.2) is 12.1 Å². The predicted octanol–water partition coefficient (Wildman–Crippen LogP) is 1.71. The van der Waals surface area contributed by atoms with E-state index in [-0.39, 0.29) is 0 Å². The summed E-state index contributed by atoms with van der Waals surface area (Å²) in [7, 11) is 2.17. The number of H-pyrrole nitrogens is 1. The third kappa shape index (κ3) is 2.95. The van der Waals surface area contributed by atoms with Gasteiger partial charge in [0, 0.05) is 31.4 Å². The molecule has 0 bridgehead atoms. The Balaban J connectivity index is 1.35. The number of rotatable bonds is 4. The molecule has 2 aliphatic rings. The molecular formula is C17H24N6. The third-order valence-corrected chi connectivity index (χ3v) is 5.04. The highest BCUT2D eigenvalue weighted by molar-refractivity contribution is 5.45. The van der Waals surface area contributed by atoms with Gasteiger partial charge in [0.25, 0.3) is 0 Å². The highest BCUT2D eigenvalue weighted by atomic mass is 15.4. The molecule has 1 N–H and O–H groups in total. The number of aromatic amines is 1. The minimum absolute atomic E-state index is 0.560. The quantitative estimate of drug-likeness (QED) is 0.931. The number of aromatic nitrogens is 4. The Morgan fingerprint density at radius 3 is 2.83 bits per heavy atom. The Hall–Kier alpha value is -1.95. The maximum Gasteiger partial charge on any atom is 0.151 e. The Bertz CT molecular complexity index is 688. The normalized spacial score (nSPS) is 18.1. The van der Waals surface area contributed by atoms with Crippen LogP contribution in [0.25, 0.3) is 0 Å². The Morgan fingerprint density at radius 2 is 2.04 bits per heavy atom. The van der Waals surface area contributed by atoms with E-state index in [9.17, 15) is 0 Å². The predicted molar refractivity (Wildman–Crippen MR) is 89.5 cm³/mol. The molecule has 6 heteroatoms. The zero-order valence-electron chi connectivity index (χ0n) is 13.9. The average molecular weight is 312 g/mol. The van der Waals surface area contributed by atoms with Crippen LogP contribution in [0, 0.1) is 6.92 Å². The van der Waals surface area contributed by atoms with E-state index in [1.54, 1.807) is 0 Å². The number of nitrogens with zero attached hydrogens (tertiary/aromatic N) is 5. The molecule has 23 heavy (non-hydrogen) atoms. The first kappa shape index (κ1) is 14.6. The third-order valence-electron chi connectivity index (χ3n) is 5.04. The van der Waals surface area contributed by atoms with Gasteiger partial charge >= 0.3 is 0 Å². The van der Waals surface area contributed by atoms with Crippen LogP contribution >= 0.6 is 0 Å². The van der Waals surface area contributed by atoms with Crippen LogP contribution in [0.1, 0.15) is 35.5 Å². The Morgan fingerprint density at radius 1 is 1.22 bits per heavy atom. The van der Waals surface area contributed by atoms with Crippen molar-refractivity contribution in [3.63, 3.8) is 0 Å². The summed E-state index contributed by atoms with van der Waals surface area (Å²) in [4.78, 5) is 4.71. The SMILES string of the molecule is Cc1cc(CN(C)C2CN(c3cc4c(nn3)CCCC4)C2)n[nH]1. The molecule has 2 aromatic rings. The minimum atomic E-state index is 0.560. The van der Waals surface area contributed by atoms with Crippen LogP contribution < -0.4 is 4.90 Å². The molecule has 1 aliphatic heterocycles. The lowest BCUT2D eigenvalue weighted by molar-refractivity contribution is 0.194. The summed E-state index contributed by atoms with van der Waals surface area (Å²) in [6.07, 6.45) is 4.79. The largest absolute Gasteiger partial charge is 0.352 e. The summed E-state index contributed by atoms with van der Waals surface area (Å²) in [6.45, 7) is 4.97. The lowest BCUT2D eigenvalue weighted by Crippen LogP contribution is -2.58. The van der Waals surface area contributed by atoms with Crippen LogP contribution in [0.2, 0.25) is 0 Å². The molecule has 4 rings (SSSR count). The summed E-state index contributed by atoms with van der Waals surface area (Å²) in [6, 6.07) is 4.93. The molecule has 0 unspecified atom stereocenters. The first-order chi connectivity index (χ1) is 11.2. The molecule has 0 radical (unpaired) electrons. The second-order valence-corrected chi connectivity index (χ2v) is 6.90. The monoisotopic (exact) mass is 312 g/mol. The summed E-state index contributed by atoms with van der Waals surface area (Å²) in [5, 5.41) is 16.2. The lowest BCUT2D eigenvalue weighted by Gasteiger charge is -2.44. The van der Waals surface area contributed by atoms with Crippen LogP contribution in [0.5, 0.6) is 0 Å². The topological polar surface area (TPSA) is 60.9 Å². The standard InChI is InChI=1S/C17H24N6/c1-12-7-14(19-18-12)9-22(2)15-10-23(11-15)17-8-13-5-3-4-6-16(13)20-21-17/h7-8,15H,3-6,9-11H2,1-2H3,(H,18,19). The number of anilines is 1. The summed E-state index contributed by atoms with van der Waals surface area (Å²) in [5.41, 5.74) is 4.85. The first-order valence-corrected chi connectivity index (χ1v) is 8.50. The van der Waals surface area contributed by atoms with Crippen molar-refractivity contribution >= 4 is 5.82 Å². The molecule has 0 atom stereocenters. The Kier molecular flexibility index (Phi) is 3.77. The number of hydrogen-bond acceptors (Lipinski definition) is 5. The molecule has 0 spiro atoms. The molecule has 0 amide bonds. The molecular weight excluding hydrogens is 288 g/mol. The van der Waals surface area contributed by atoms with E-state index < -0.39 is 0 Å². The van der Waals surface area contributed by atoms with Gasteiger partial charge in [-0.3, -0.25) is 10.00 Å². The van der Waals surface area contributed by atoms with Gasteiger partial charge in [0.2, 0.25) is 0 Å². The molecule has 3 heterocycles. The molecule has 2 aromatic heterocycles. The summed E-state index contributed by atoms with van der Waals surface area (Å²) >= 11 is 0. The summed E-state index contributed by atoms with van der Waals surface area (Å²) < 4.78 is 0. The fourth-order valence-electron chi connectivity index (χ4n) is 3.49. The van der Waals surface area contributed by atoms with Gasteiger partial charge in [-0.2, -0.15) is 10.2 Å². The lowest BCUT2D eigenvalue weighted by atomic mass is 9.96. The highest BCUT2D eigenvalue weighted by Gasteiger charge is 2.31. The van der Waals surface area contributed by atoms with Gasteiger partial charge in [0.05, 0.1) is 11.4 Å². The van der Waals surface area contributed by atoms with E-state index in [2.05, 4.69) is 49.4 Å². The highest BCUT2D eigenvalue weighted by Crippen LogP contribution is 2.26. The molecule has 6 nitrogen and oxygen atoms in total. The van der Waals surface area contributed by atoms with Gasteiger partial charge in [-0.05, 0) is 57.4 Å². The molecule has 1 saturated heterocycles. The van der Waals surface area contributed by atoms with E-state index in [1.165, 1.54) is 24.1 Å². The van der Waals surface area contributed by atoms with E-state index in [1.807, 2.05) is 6.92 Å². The van der Waals surface area contributed by atoms with Crippen molar-refractivity contribution in [1.29, 1.82) is 0 Å². The molecule has 0 aromatic carbocycles. The van der Waals surface area contributed by atoms with Crippen LogP contribution in [-0.2, 0) is 19.4 Å². The van der Waals surface area contributed by atoms with Gasteiger partial charge < -0.3 is 4.90 Å². The van der Waals surface area contributed by atoms with Gasteiger partial charge in [-0.15, -0.1) is 5.10 Å². The van der Waals surface area contributed by atoms with Gasteiger partial charge in [0.1, 0.15) is 0 Å². The maximum atomic E-state index is 4.44. The smallest absolute Gasteiger partial charge is 0.151 e. The zero-order chi connectivity index (χ0) is 15.8. The van der Waals surface area contributed by atoms with Crippen LogP contribution in [0.3, 0.4) is 0 Å². The fourth-order valence-corrected chi connectivity index (χ4v) is 3.49. The zero-order valence-corrected chi connectivity index (χ0v) is 13.9. The van der Waals surface area contributed by atoms with Gasteiger partial charge in [0.15, 0.2) is 5.82 Å². The molecule has 0 saturated carbocycles. The maximum absolute atomic E-state index is 4.44. The van der Waals surface area contributed by atoms with E-state index >= 15 is 0 Å². The molecule has 1 fully saturated rings. The van der Waals surface area contributed by atoms with E-state index in [0.29, 0.717) is 6.04 Å². The second-order valence-electron chi connectivity index (χ2n) is 6.90. The number of likely N-dealkylation sites (N-methyl/N-ethyl adjacent to an activating group) is 1. The van der Waals surface area contributed by atoms with Crippen molar-refractivity contribution in [3.8, 4) is 0 Å². The van der Waals surface area contributed by atoms with Crippen LogP contribution in [-0.4, -0.2) is 51.5 Å². The van der Waals surface area contributed by atoms with Crippen molar-refractivity contribution in [2.75, 3.05) is 25.0 Å². The van der Waals surface area contributed by atoms with Gasteiger partial charge in [-0.25, -0.2) is 0 Å². The summed E-state index contributed by atoms with van der Waals surface area (Å²) in [5.74, 6) is 1.05. The van der Waals surface area contributed by atoms with E-state index in [0.717, 1.165) is 49.7 Å². The number of aryl methyl sites for hydroxylation is 3. The van der Waals surface area contributed by atoms with Crippen molar-refractivity contribution in [3.05, 3.63) is 34.8 Å². The average Bonchev–Trinajstić information content (AvgIpc) is 2.90. The van der Waals surface area contributed by atoms with Crippen molar-refractivity contribution in [1.82, 2.24) is 25.3 Å². The van der Waals surface area contributed by atoms with Crippen LogP contribution in [0.4, 0.5) is 5.82 Å². The number of fused-ring (bicyclic) bond motifs is 1. The second kappa shape index (κ2) is 5.92. The van der Waals surface area contributed by atoms with Crippen molar-refractivity contribution < 1.29 is 0 Å². The molecule has 1 aliphatic carbocycles. The number of hydrogen-bond donors (Lipinski definition) is 1. The van der Waals surface area contributed by atoms with Crippen molar-refractivity contribution in [2.45, 2.75) is 45.2 Å². The van der Waals surface area contributed by atoms with Crippen molar-refractivity contribution in [2.24, 2.45) is 0 Å².